The molecule has 21 heavy (non-hydrogen) atoms. The van der Waals surface area contributed by atoms with Crippen LogP contribution in [-0.2, 0) is 9.59 Å². The topological polar surface area (TPSA) is 40.6 Å². The first-order valence-electron chi connectivity index (χ1n) is 7.72. The van der Waals surface area contributed by atoms with Crippen LogP contribution < -0.4 is 4.90 Å². The van der Waals surface area contributed by atoms with Crippen molar-refractivity contribution in [2.75, 3.05) is 24.5 Å². The maximum Gasteiger partial charge on any atom is 0.228 e. The highest BCUT2D eigenvalue weighted by Crippen LogP contribution is 2.30. The van der Waals surface area contributed by atoms with E-state index in [1.807, 2.05) is 36.9 Å². The lowest BCUT2D eigenvalue weighted by Gasteiger charge is -2.22. The largest absolute Gasteiger partial charge is 0.342 e. The van der Waals surface area contributed by atoms with Crippen molar-refractivity contribution in [3.8, 4) is 0 Å². The number of rotatable bonds is 2. The molecule has 2 aliphatic rings. The van der Waals surface area contributed by atoms with Crippen LogP contribution in [0.4, 0.5) is 5.69 Å². The van der Waals surface area contributed by atoms with Gasteiger partial charge in [-0.2, -0.15) is 0 Å². The summed E-state index contributed by atoms with van der Waals surface area (Å²) in [7, 11) is 0. The van der Waals surface area contributed by atoms with E-state index < -0.39 is 0 Å². The summed E-state index contributed by atoms with van der Waals surface area (Å²) < 4.78 is 0. The minimum atomic E-state index is -0.171. The Balaban J connectivity index is 1.78. The first-order chi connectivity index (χ1) is 10.1. The van der Waals surface area contributed by atoms with Crippen molar-refractivity contribution < 1.29 is 9.59 Å². The Morgan fingerprint density at radius 2 is 1.90 bits per heavy atom. The molecule has 4 nitrogen and oxygen atoms in total. The summed E-state index contributed by atoms with van der Waals surface area (Å²) in [6.45, 7) is 6.27. The van der Waals surface area contributed by atoms with Crippen molar-refractivity contribution in [2.24, 2.45) is 5.92 Å². The second-order valence-corrected chi connectivity index (χ2v) is 6.23. The lowest BCUT2D eigenvalue weighted by atomic mass is 10.1. The molecule has 1 atom stereocenters. The number of hydrogen-bond acceptors (Lipinski definition) is 2. The molecule has 2 saturated heterocycles. The molecule has 2 heterocycles. The van der Waals surface area contributed by atoms with E-state index in [1.165, 1.54) is 0 Å². The van der Waals surface area contributed by atoms with E-state index >= 15 is 0 Å². The third kappa shape index (κ3) is 2.67. The van der Waals surface area contributed by atoms with Crippen molar-refractivity contribution in [1.29, 1.82) is 0 Å². The zero-order valence-corrected chi connectivity index (χ0v) is 12.8. The molecular weight excluding hydrogens is 264 g/mol. The van der Waals surface area contributed by atoms with Crippen LogP contribution >= 0.6 is 0 Å². The van der Waals surface area contributed by atoms with Crippen molar-refractivity contribution >= 4 is 17.5 Å². The highest BCUT2D eigenvalue weighted by Gasteiger charge is 2.38. The molecule has 1 aromatic rings. The molecule has 1 unspecified atom stereocenters. The summed E-state index contributed by atoms with van der Waals surface area (Å²) >= 11 is 0. The highest BCUT2D eigenvalue weighted by atomic mass is 16.2. The standard InChI is InChI=1S/C17H22N2O2/c1-12-5-6-13(2)15(9-12)19-11-14(10-16(19)20)17(21)18-7-3-4-8-18/h5-6,9,14H,3-4,7-8,10-11H2,1-2H3. The quantitative estimate of drug-likeness (QED) is 0.837. The number of nitrogens with zero attached hydrogens (tertiary/aromatic N) is 2. The van der Waals surface area contributed by atoms with Gasteiger partial charge < -0.3 is 9.80 Å². The number of anilines is 1. The third-order valence-corrected chi connectivity index (χ3v) is 4.55. The van der Waals surface area contributed by atoms with E-state index in [4.69, 9.17) is 0 Å². The lowest BCUT2D eigenvalue weighted by Crippen LogP contribution is -2.35. The van der Waals surface area contributed by atoms with E-state index in [0.29, 0.717) is 13.0 Å². The van der Waals surface area contributed by atoms with Crippen LogP contribution in [0.5, 0.6) is 0 Å². The first kappa shape index (κ1) is 14.1. The first-order valence-corrected chi connectivity index (χ1v) is 7.72. The van der Waals surface area contributed by atoms with E-state index in [0.717, 1.165) is 42.7 Å². The minimum absolute atomic E-state index is 0.0706. The predicted molar refractivity (Wildman–Crippen MR) is 82.2 cm³/mol. The monoisotopic (exact) mass is 286 g/mol. The molecular formula is C17H22N2O2. The van der Waals surface area contributed by atoms with Crippen LogP contribution in [-0.4, -0.2) is 36.3 Å². The van der Waals surface area contributed by atoms with Gasteiger partial charge in [-0.15, -0.1) is 0 Å². The molecule has 4 heteroatoms. The van der Waals surface area contributed by atoms with Crippen molar-refractivity contribution in [1.82, 2.24) is 4.90 Å². The fraction of sp³-hybridized carbons (Fsp3) is 0.529. The van der Waals surface area contributed by atoms with Crippen LogP contribution in [0, 0.1) is 19.8 Å². The normalized spacial score (nSPS) is 22.2. The van der Waals surface area contributed by atoms with E-state index in [9.17, 15) is 9.59 Å². The Morgan fingerprint density at radius 3 is 2.62 bits per heavy atom. The average molecular weight is 286 g/mol. The van der Waals surface area contributed by atoms with Gasteiger partial charge in [-0.05, 0) is 43.9 Å². The van der Waals surface area contributed by atoms with Crippen LogP contribution in [0.15, 0.2) is 18.2 Å². The van der Waals surface area contributed by atoms with Gasteiger partial charge in [-0.1, -0.05) is 12.1 Å². The van der Waals surface area contributed by atoms with Gasteiger partial charge in [-0.3, -0.25) is 9.59 Å². The molecule has 0 aromatic heterocycles. The van der Waals surface area contributed by atoms with Gasteiger partial charge in [0.25, 0.3) is 0 Å². The molecule has 112 valence electrons. The van der Waals surface area contributed by atoms with Crippen LogP contribution in [0.2, 0.25) is 0 Å². The minimum Gasteiger partial charge on any atom is -0.342 e. The molecule has 0 aliphatic carbocycles. The fourth-order valence-corrected chi connectivity index (χ4v) is 3.31. The smallest absolute Gasteiger partial charge is 0.228 e. The van der Waals surface area contributed by atoms with Gasteiger partial charge >= 0.3 is 0 Å². The number of aryl methyl sites for hydroxylation is 2. The molecule has 0 radical (unpaired) electrons. The Hall–Kier alpha value is -1.84. The van der Waals surface area contributed by atoms with Crippen LogP contribution in [0.1, 0.15) is 30.4 Å². The molecule has 0 N–H and O–H groups in total. The maximum absolute atomic E-state index is 12.5. The molecule has 0 bridgehead atoms. The van der Waals surface area contributed by atoms with Crippen molar-refractivity contribution in [2.45, 2.75) is 33.1 Å². The second-order valence-electron chi connectivity index (χ2n) is 6.23. The maximum atomic E-state index is 12.5. The molecule has 2 fully saturated rings. The molecule has 2 aliphatic heterocycles. The van der Waals surface area contributed by atoms with E-state index in [2.05, 4.69) is 0 Å². The second kappa shape index (κ2) is 5.51. The summed E-state index contributed by atoms with van der Waals surface area (Å²) in [6.07, 6.45) is 2.53. The number of amides is 2. The Kier molecular flexibility index (Phi) is 3.70. The average Bonchev–Trinajstić information content (AvgIpc) is 3.10. The zero-order chi connectivity index (χ0) is 15.0. The summed E-state index contributed by atoms with van der Waals surface area (Å²) in [5.41, 5.74) is 3.18. The fourth-order valence-electron chi connectivity index (χ4n) is 3.31. The summed E-state index contributed by atoms with van der Waals surface area (Å²) in [4.78, 5) is 28.5. The van der Waals surface area contributed by atoms with Crippen LogP contribution in [0.25, 0.3) is 0 Å². The number of hydrogen-bond donors (Lipinski definition) is 0. The number of carbonyl (C=O) groups is 2. The molecule has 0 spiro atoms. The Bertz CT molecular complexity index is 576. The number of likely N-dealkylation sites (tertiary alicyclic amines) is 1. The summed E-state index contributed by atoms with van der Waals surface area (Å²) in [5, 5.41) is 0. The Morgan fingerprint density at radius 1 is 1.19 bits per heavy atom. The van der Waals surface area contributed by atoms with Gasteiger partial charge in [0.1, 0.15) is 0 Å². The molecule has 3 rings (SSSR count). The number of benzene rings is 1. The van der Waals surface area contributed by atoms with E-state index in [-0.39, 0.29) is 17.7 Å². The number of carbonyl (C=O) groups excluding carboxylic acids is 2. The Labute approximate surface area is 125 Å². The highest BCUT2D eigenvalue weighted by molar-refractivity contribution is 6.00. The molecule has 0 saturated carbocycles. The summed E-state index contributed by atoms with van der Waals surface area (Å²) in [6, 6.07) is 6.12. The predicted octanol–water partition coefficient (Wildman–Crippen LogP) is 2.28. The zero-order valence-electron chi connectivity index (χ0n) is 12.8. The van der Waals surface area contributed by atoms with Gasteiger partial charge in [0.05, 0.1) is 5.92 Å². The van der Waals surface area contributed by atoms with Crippen LogP contribution in [0.3, 0.4) is 0 Å². The van der Waals surface area contributed by atoms with E-state index in [1.54, 1.807) is 4.90 Å². The summed E-state index contributed by atoms with van der Waals surface area (Å²) in [5.74, 6) is 0.0606. The van der Waals surface area contributed by atoms with Gasteiger partial charge in [0.15, 0.2) is 0 Å². The molecule has 2 amide bonds. The third-order valence-electron chi connectivity index (χ3n) is 4.55. The lowest BCUT2D eigenvalue weighted by molar-refractivity contribution is -0.134. The SMILES string of the molecule is Cc1ccc(C)c(N2CC(C(=O)N3CCCC3)CC2=O)c1. The van der Waals surface area contributed by atoms with Gasteiger partial charge in [0, 0.05) is 31.7 Å². The van der Waals surface area contributed by atoms with Crippen molar-refractivity contribution in [3.05, 3.63) is 29.3 Å². The molecule has 1 aromatic carbocycles. The van der Waals surface area contributed by atoms with Gasteiger partial charge in [-0.25, -0.2) is 0 Å². The van der Waals surface area contributed by atoms with Gasteiger partial charge in [0.2, 0.25) is 11.8 Å². The van der Waals surface area contributed by atoms with Crippen molar-refractivity contribution in [3.63, 3.8) is 0 Å².